The first-order chi connectivity index (χ1) is 7.27. The van der Waals surface area contributed by atoms with Crippen LogP contribution in [0.1, 0.15) is 19.4 Å². The average Bonchev–Trinajstić information content (AvgIpc) is 2.29. The molecule has 0 bridgehead atoms. The van der Waals surface area contributed by atoms with Gasteiger partial charge in [0.1, 0.15) is 0 Å². The Morgan fingerprint density at radius 1 is 1.13 bits per heavy atom. The lowest BCUT2D eigenvalue weighted by Gasteiger charge is -2.19. The van der Waals surface area contributed by atoms with Crippen molar-refractivity contribution in [1.29, 1.82) is 0 Å². The molecule has 0 fully saturated rings. The fourth-order valence-electron chi connectivity index (χ4n) is 1.54. The normalized spacial score (nSPS) is 10.3. The maximum atomic E-state index is 3.33. The topological polar surface area (TPSA) is 15.3 Å². The summed E-state index contributed by atoms with van der Waals surface area (Å²) in [6.07, 6.45) is 1.11. The SMILES string of the molecule is CCNCCN(C)c1ccc(CC)cc1. The molecule has 0 unspecified atom stereocenters. The van der Waals surface area contributed by atoms with Crippen LogP contribution in [0, 0.1) is 0 Å². The molecule has 1 N–H and O–H groups in total. The van der Waals surface area contributed by atoms with Gasteiger partial charge in [-0.1, -0.05) is 26.0 Å². The molecule has 1 aromatic rings. The molecule has 0 heterocycles. The molecule has 1 aromatic carbocycles. The van der Waals surface area contributed by atoms with Crippen LogP contribution < -0.4 is 10.2 Å². The van der Waals surface area contributed by atoms with Gasteiger partial charge in [0.2, 0.25) is 0 Å². The van der Waals surface area contributed by atoms with E-state index in [4.69, 9.17) is 0 Å². The molecule has 2 nitrogen and oxygen atoms in total. The zero-order chi connectivity index (χ0) is 11.1. The quantitative estimate of drug-likeness (QED) is 0.718. The molecule has 2 heteroatoms. The van der Waals surface area contributed by atoms with E-state index in [9.17, 15) is 0 Å². The number of nitrogens with one attached hydrogen (secondary N) is 1. The molecule has 1 rings (SSSR count). The predicted octanol–water partition coefficient (Wildman–Crippen LogP) is 2.29. The van der Waals surface area contributed by atoms with Crippen molar-refractivity contribution in [3.8, 4) is 0 Å². The Kier molecular flexibility index (Phi) is 5.19. The first kappa shape index (κ1) is 12.1. The first-order valence-corrected chi connectivity index (χ1v) is 5.78. The predicted molar refractivity (Wildman–Crippen MR) is 67.6 cm³/mol. The zero-order valence-corrected chi connectivity index (χ0v) is 10.1. The summed E-state index contributed by atoms with van der Waals surface area (Å²) in [5.74, 6) is 0. The number of rotatable bonds is 6. The van der Waals surface area contributed by atoms with E-state index in [1.165, 1.54) is 11.3 Å². The van der Waals surface area contributed by atoms with Crippen LogP contribution in [-0.2, 0) is 6.42 Å². The van der Waals surface area contributed by atoms with Crippen LogP contribution >= 0.6 is 0 Å². The molecule has 0 atom stereocenters. The summed E-state index contributed by atoms with van der Waals surface area (Å²) in [4.78, 5) is 2.28. The molecule has 0 saturated carbocycles. The van der Waals surface area contributed by atoms with Crippen molar-refractivity contribution < 1.29 is 0 Å². The van der Waals surface area contributed by atoms with E-state index in [0.717, 1.165) is 26.1 Å². The minimum atomic E-state index is 1.04. The number of nitrogens with zero attached hydrogens (tertiary/aromatic N) is 1. The van der Waals surface area contributed by atoms with Gasteiger partial charge in [0.15, 0.2) is 0 Å². The second kappa shape index (κ2) is 6.46. The first-order valence-electron chi connectivity index (χ1n) is 5.78. The highest BCUT2D eigenvalue weighted by Gasteiger charge is 1.99. The molecule has 0 aliphatic heterocycles. The van der Waals surface area contributed by atoms with Crippen molar-refractivity contribution in [2.75, 3.05) is 31.6 Å². The van der Waals surface area contributed by atoms with Crippen molar-refractivity contribution in [3.05, 3.63) is 29.8 Å². The summed E-state index contributed by atoms with van der Waals surface area (Å²) >= 11 is 0. The van der Waals surface area contributed by atoms with Crippen LogP contribution in [0.4, 0.5) is 5.69 Å². The summed E-state index contributed by atoms with van der Waals surface area (Å²) in [5, 5.41) is 3.33. The number of benzene rings is 1. The molecule has 0 saturated heterocycles. The molecule has 0 spiro atoms. The molecule has 0 radical (unpaired) electrons. The lowest BCUT2D eigenvalue weighted by Crippen LogP contribution is -2.28. The summed E-state index contributed by atoms with van der Waals surface area (Å²) < 4.78 is 0. The molecule has 0 aromatic heterocycles. The van der Waals surface area contributed by atoms with Gasteiger partial charge in [-0.15, -0.1) is 0 Å². The van der Waals surface area contributed by atoms with Gasteiger partial charge in [-0.2, -0.15) is 0 Å². The van der Waals surface area contributed by atoms with Crippen molar-refractivity contribution in [2.24, 2.45) is 0 Å². The number of likely N-dealkylation sites (N-methyl/N-ethyl adjacent to an activating group) is 2. The van der Waals surface area contributed by atoms with Gasteiger partial charge in [-0.25, -0.2) is 0 Å². The van der Waals surface area contributed by atoms with Crippen molar-refractivity contribution in [2.45, 2.75) is 20.3 Å². The Labute approximate surface area is 93.3 Å². The third-order valence-electron chi connectivity index (χ3n) is 2.66. The molecule has 0 aliphatic rings. The van der Waals surface area contributed by atoms with E-state index in [-0.39, 0.29) is 0 Å². The average molecular weight is 206 g/mol. The second-order valence-corrected chi connectivity index (χ2v) is 3.80. The van der Waals surface area contributed by atoms with Gasteiger partial charge in [-0.3, -0.25) is 0 Å². The maximum Gasteiger partial charge on any atom is 0.0364 e. The number of hydrogen-bond acceptors (Lipinski definition) is 2. The molecule has 15 heavy (non-hydrogen) atoms. The molecular weight excluding hydrogens is 184 g/mol. The zero-order valence-electron chi connectivity index (χ0n) is 10.1. The van der Waals surface area contributed by atoms with Crippen LogP contribution in [0.15, 0.2) is 24.3 Å². The minimum Gasteiger partial charge on any atom is -0.373 e. The largest absolute Gasteiger partial charge is 0.373 e. The smallest absolute Gasteiger partial charge is 0.0364 e. The second-order valence-electron chi connectivity index (χ2n) is 3.80. The van der Waals surface area contributed by atoms with Crippen molar-refractivity contribution >= 4 is 5.69 Å². The third-order valence-corrected chi connectivity index (χ3v) is 2.66. The Balaban J connectivity index is 2.46. The van der Waals surface area contributed by atoms with Crippen molar-refractivity contribution in [3.63, 3.8) is 0 Å². The summed E-state index contributed by atoms with van der Waals surface area (Å²) in [7, 11) is 2.14. The van der Waals surface area contributed by atoms with Crippen LogP contribution in [0.25, 0.3) is 0 Å². The fourth-order valence-corrected chi connectivity index (χ4v) is 1.54. The van der Waals surface area contributed by atoms with Gasteiger partial charge >= 0.3 is 0 Å². The van der Waals surface area contributed by atoms with Gasteiger partial charge in [0.05, 0.1) is 0 Å². The molecular formula is C13H22N2. The third kappa shape index (κ3) is 3.92. The van der Waals surface area contributed by atoms with E-state index >= 15 is 0 Å². The molecule has 0 amide bonds. The number of aryl methyl sites for hydroxylation is 1. The molecule has 84 valence electrons. The van der Waals surface area contributed by atoms with Crippen LogP contribution in [0.5, 0.6) is 0 Å². The lowest BCUT2D eigenvalue weighted by atomic mass is 10.1. The minimum absolute atomic E-state index is 1.04. The highest BCUT2D eigenvalue weighted by molar-refractivity contribution is 5.46. The van der Waals surface area contributed by atoms with Crippen LogP contribution in [-0.4, -0.2) is 26.7 Å². The lowest BCUT2D eigenvalue weighted by molar-refractivity contribution is 0.706. The van der Waals surface area contributed by atoms with Gasteiger partial charge in [0.25, 0.3) is 0 Å². The maximum absolute atomic E-state index is 3.33. The monoisotopic (exact) mass is 206 g/mol. The number of hydrogen-bond donors (Lipinski definition) is 1. The Bertz CT molecular complexity index is 266. The Morgan fingerprint density at radius 2 is 1.80 bits per heavy atom. The standard InChI is InChI=1S/C13H22N2/c1-4-12-6-8-13(9-7-12)15(3)11-10-14-5-2/h6-9,14H,4-5,10-11H2,1-3H3. The van der Waals surface area contributed by atoms with Gasteiger partial charge < -0.3 is 10.2 Å². The highest BCUT2D eigenvalue weighted by atomic mass is 15.1. The van der Waals surface area contributed by atoms with Gasteiger partial charge in [0, 0.05) is 25.8 Å². The molecule has 0 aliphatic carbocycles. The Morgan fingerprint density at radius 3 is 2.33 bits per heavy atom. The van der Waals surface area contributed by atoms with Crippen LogP contribution in [0.2, 0.25) is 0 Å². The van der Waals surface area contributed by atoms with E-state index in [1.807, 2.05) is 0 Å². The summed E-state index contributed by atoms with van der Waals surface area (Å²) in [5.41, 5.74) is 2.70. The summed E-state index contributed by atoms with van der Waals surface area (Å²) in [6, 6.07) is 8.81. The van der Waals surface area contributed by atoms with E-state index in [2.05, 4.69) is 55.4 Å². The fraction of sp³-hybridized carbons (Fsp3) is 0.538. The van der Waals surface area contributed by atoms with Crippen LogP contribution in [0.3, 0.4) is 0 Å². The number of anilines is 1. The Hall–Kier alpha value is -1.02. The van der Waals surface area contributed by atoms with E-state index < -0.39 is 0 Å². The van der Waals surface area contributed by atoms with Gasteiger partial charge in [-0.05, 0) is 30.7 Å². The van der Waals surface area contributed by atoms with E-state index in [1.54, 1.807) is 0 Å². The highest BCUT2D eigenvalue weighted by Crippen LogP contribution is 2.13. The van der Waals surface area contributed by atoms with Crippen molar-refractivity contribution in [1.82, 2.24) is 5.32 Å². The van der Waals surface area contributed by atoms with E-state index in [0.29, 0.717) is 0 Å². The summed E-state index contributed by atoms with van der Waals surface area (Å²) in [6.45, 7) is 7.46.